The number of hydrogen-bond donors (Lipinski definition) is 2. The lowest BCUT2D eigenvalue weighted by Crippen LogP contribution is -2.37. The Balaban J connectivity index is 2.34. The standard InChI is InChI=1S/C15H32N2O3Si/c1-21(2,3)10-7-17-14(6-9-20-15(16)18)11-13-5-4-8-19-12-13/h13-14,17H,4-12H2,1-3H3,(H2,16,18)/t13-,14+/m0/s1. The van der Waals surface area contributed by atoms with Gasteiger partial charge in [-0.3, -0.25) is 0 Å². The summed E-state index contributed by atoms with van der Waals surface area (Å²) in [5, 5.41) is 3.64. The smallest absolute Gasteiger partial charge is 0.404 e. The molecular weight excluding hydrogens is 284 g/mol. The second-order valence-corrected chi connectivity index (χ2v) is 12.9. The monoisotopic (exact) mass is 316 g/mol. The van der Waals surface area contributed by atoms with Gasteiger partial charge < -0.3 is 20.5 Å². The first-order chi connectivity index (χ1) is 9.87. The van der Waals surface area contributed by atoms with Gasteiger partial charge in [-0.1, -0.05) is 19.6 Å². The molecule has 0 unspecified atom stereocenters. The van der Waals surface area contributed by atoms with Gasteiger partial charge in [0.15, 0.2) is 0 Å². The number of rotatable bonds is 9. The van der Waals surface area contributed by atoms with Crippen molar-refractivity contribution in [2.24, 2.45) is 11.7 Å². The third kappa shape index (κ3) is 9.87. The summed E-state index contributed by atoms with van der Waals surface area (Å²) >= 11 is 0. The van der Waals surface area contributed by atoms with Crippen molar-refractivity contribution in [3.05, 3.63) is 0 Å². The number of carbonyl (C=O) groups excluding carboxylic acids is 1. The molecule has 3 N–H and O–H groups in total. The van der Waals surface area contributed by atoms with E-state index in [4.69, 9.17) is 15.2 Å². The number of nitrogens with two attached hydrogens (primary N) is 1. The molecule has 124 valence electrons. The summed E-state index contributed by atoms with van der Waals surface area (Å²) in [6.45, 7) is 10.4. The van der Waals surface area contributed by atoms with Crippen LogP contribution in [0.15, 0.2) is 0 Å². The van der Waals surface area contributed by atoms with Crippen molar-refractivity contribution in [2.45, 2.75) is 57.4 Å². The van der Waals surface area contributed by atoms with Gasteiger partial charge in [0.25, 0.3) is 0 Å². The van der Waals surface area contributed by atoms with E-state index in [2.05, 4.69) is 25.0 Å². The van der Waals surface area contributed by atoms with Crippen molar-refractivity contribution in [1.29, 1.82) is 0 Å². The molecular formula is C15H32N2O3Si. The van der Waals surface area contributed by atoms with Crippen LogP contribution in [0.1, 0.15) is 25.7 Å². The molecule has 0 aromatic heterocycles. The van der Waals surface area contributed by atoms with Gasteiger partial charge in [-0.15, -0.1) is 0 Å². The molecule has 6 heteroatoms. The Morgan fingerprint density at radius 1 is 1.48 bits per heavy atom. The molecule has 1 rings (SSSR count). The number of ether oxygens (including phenoxy) is 2. The minimum absolute atomic E-state index is 0.382. The maximum atomic E-state index is 10.7. The fourth-order valence-electron chi connectivity index (χ4n) is 2.65. The highest BCUT2D eigenvalue weighted by Crippen LogP contribution is 2.20. The number of primary amides is 1. The Morgan fingerprint density at radius 2 is 2.24 bits per heavy atom. The van der Waals surface area contributed by atoms with Crippen molar-refractivity contribution < 1.29 is 14.3 Å². The number of carbonyl (C=O) groups is 1. The van der Waals surface area contributed by atoms with E-state index in [0.717, 1.165) is 39.0 Å². The lowest BCUT2D eigenvalue weighted by atomic mass is 9.93. The second-order valence-electron chi connectivity index (χ2n) is 7.24. The average molecular weight is 317 g/mol. The summed E-state index contributed by atoms with van der Waals surface area (Å²) in [7, 11) is -1.02. The number of hydrogen-bond acceptors (Lipinski definition) is 4. The summed E-state index contributed by atoms with van der Waals surface area (Å²) in [5.41, 5.74) is 5.02. The van der Waals surface area contributed by atoms with Crippen LogP contribution < -0.4 is 11.1 Å². The van der Waals surface area contributed by atoms with Crippen LogP contribution in [0.3, 0.4) is 0 Å². The Bertz CT molecular complexity index is 302. The molecule has 2 atom stereocenters. The Labute approximate surface area is 130 Å². The molecule has 0 bridgehead atoms. The normalized spacial score (nSPS) is 21.0. The summed E-state index contributed by atoms with van der Waals surface area (Å²) in [6, 6.07) is 1.65. The molecule has 1 amide bonds. The third-order valence-electron chi connectivity index (χ3n) is 3.89. The molecule has 5 nitrogen and oxygen atoms in total. The van der Waals surface area contributed by atoms with Gasteiger partial charge >= 0.3 is 6.09 Å². The van der Waals surface area contributed by atoms with Crippen molar-refractivity contribution in [3.63, 3.8) is 0 Å². The second kappa shape index (κ2) is 9.43. The van der Waals surface area contributed by atoms with Crippen LogP contribution in [0, 0.1) is 5.92 Å². The molecule has 0 aliphatic carbocycles. The molecule has 1 heterocycles. The highest BCUT2D eigenvalue weighted by molar-refractivity contribution is 6.76. The molecule has 1 saturated heterocycles. The molecule has 21 heavy (non-hydrogen) atoms. The maximum Gasteiger partial charge on any atom is 0.404 e. The van der Waals surface area contributed by atoms with Gasteiger partial charge in [0.2, 0.25) is 0 Å². The van der Waals surface area contributed by atoms with Crippen LogP contribution in [0.4, 0.5) is 4.79 Å². The van der Waals surface area contributed by atoms with Crippen molar-refractivity contribution in [1.82, 2.24) is 5.32 Å². The molecule has 0 aromatic carbocycles. The van der Waals surface area contributed by atoms with Crippen LogP contribution >= 0.6 is 0 Å². The highest BCUT2D eigenvalue weighted by atomic mass is 28.3. The van der Waals surface area contributed by atoms with Gasteiger partial charge in [-0.2, -0.15) is 0 Å². The van der Waals surface area contributed by atoms with E-state index in [9.17, 15) is 4.79 Å². The zero-order valence-corrected chi connectivity index (χ0v) is 14.8. The van der Waals surface area contributed by atoms with Gasteiger partial charge in [-0.05, 0) is 44.2 Å². The van der Waals surface area contributed by atoms with E-state index in [0.29, 0.717) is 18.6 Å². The van der Waals surface area contributed by atoms with Crippen LogP contribution in [0.25, 0.3) is 0 Å². The van der Waals surface area contributed by atoms with E-state index in [1.165, 1.54) is 12.5 Å². The van der Waals surface area contributed by atoms with Gasteiger partial charge in [0.1, 0.15) is 0 Å². The molecule has 1 aliphatic heterocycles. The highest BCUT2D eigenvalue weighted by Gasteiger charge is 2.20. The number of nitrogens with one attached hydrogen (secondary N) is 1. The van der Waals surface area contributed by atoms with Crippen molar-refractivity contribution in [3.8, 4) is 0 Å². The van der Waals surface area contributed by atoms with Crippen molar-refractivity contribution >= 4 is 14.2 Å². The SMILES string of the molecule is C[Si](C)(C)CCN[C@H](CCOC(N)=O)C[C@@H]1CCCOC1. The first-order valence-corrected chi connectivity index (χ1v) is 11.8. The molecule has 1 aliphatic rings. The third-order valence-corrected chi connectivity index (χ3v) is 5.64. The Morgan fingerprint density at radius 3 is 2.81 bits per heavy atom. The van der Waals surface area contributed by atoms with E-state index in [-0.39, 0.29) is 0 Å². The minimum Gasteiger partial charge on any atom is -0.450 e. The van der Waals surface area contributed by atoms with E-state index >= 15 is 0 Å². The lowest BCUT2D eigenvalue weighted by molar-refractivity contribution is 0.0460. The van der Waals surface area contributed by atoms with Gasteiger partial charge in [0, 0.05) is 27.3 Å². The van der Waals surface area contributed by atoms with Gasteiger partial charge in [-0.25, -0.2) is 4.79 Å². The lowest BCUT2D eigenvalue weighted by Gasteiger charge is -2.28. The Hall–Kier alpha value is -0.593. The van der Waals surface area contributed by atoms with Gasteiger partial charge in [0.05, 0.1) is 6.61 Å². The first-order valence-electron chi connectivity index (χ1n) is 8.10. The zero-order valence-electron chi connectivity index (χ0n) is 13.8. The molecule has 0 radical (unpaired) electrons. The molecule has 0 aromatic rings. The summed E-state index contributed by atoms with van der Waals surface area (Å²) < 4.78 is 10.4. The topological polar surface area (TPSA) is 73.6 Å². The van der Waals surface area contributed by atoms with Crippen LogP contribution in [0.5, 0.6) is 0 Å². The van der Waals surface area contributed by atoms with Crippen molar-refractivity contribution in [2.75, 3.05) is 26.4 Å². The summed E-state index contributed by atoms with van der Waals surface area (Å²) in [4.78, 5) is 10.7. The predicted octanol–water partition coefficient (Wildman–Crippen LogP) is 2.58. The van der Waals surface area contributed by atoms with E-state index < -0.39 is 14.2 Å². The number of amides is 1. The fourth-order valence-corrected chi connectivity index (χ4v) is 3.55. The minimum atomic E-state index is -1.02. The summed E-state index contributed by atoms with van der Waals surface area (Å²) in [5.74, 6) is 0.622. The fraction of sp³-hybridized carbons (Fsp3) is 0.933. The Kier molecular flexibility index (Phi) is 8.29. The van der Waals surface area contributed by atoms with Crippen LogP contribution in [0.2, 0.25) is 25.7 Å². The largest absolute Gasteiger partial charge is 0.450 e. The summed E-state index contributed by atoms with van der Waals surface area (Å²) in [6.07, 6.45) is 3.63. The van der Waals surface area contributed by atoms with E-state index in [1.807, 2.05) is 0 Å². The molecule has 1 fully saturated rings. The maximum absolute atomic E-state index is 10.7. The van der Waals surface area contributed by atoms with Crippen LogP contribution in [-0.4, -0.2) is 46.6 Å². The average Bonchev–Trinajstić information content (AvgIpc) is 2.37. The zero-order chi connectivity index (χ0) is 15.7. The quantitative estimate of drug-likeness (QED) is 0.641. The molecule has 0 saturated carbocycles. The predicted molar refractivity (Wildman–Crippen MR) is 88.3 cm³/mol. The molecule has 0 spiro atoms. The van der Waals surface area contributed by atoms with Crippen LogP contribution in [-0.2, 0) is 9.47 Å². The van der Waals surface area contributed by atoms with E-state index in [1.54, 1.807) is 0 Å². The first kappa shape index (κ1) is 18.5.